The van der Waals surface area contributed by atoms with Crippen molar-refractivity contribution < 1.29 is 4.79 Å². The maximum absolute atomic E-state index is 10.6. The smallest absolute Gasteiger partial charge is 0.217 e. The SMILES string of the molecule is Cc1c(Cl)nc(C2CC2)nc1NCCCC(N)=O. The van der Waals surface area contributed by atoms with Crippen LogP contribution in [0.25, 0.3) is 0 Å². The molecule has 1 aromatic rings. The number of aromatic nitrogens is 2. The minimum absolute atomic E-state index is 0.284. The van der Waals surface area contributed by atoms with Crippen molar-refractivity contribution in [1.29, 1.82) is 0 Å². The normalized spacial score (nSPS) is 14.6. The minimum atomic E-state index is -0.284. The summed E-state index contributed by atoms with van der Waals surface area (Å²) < 4.78 is 0. The van der Waals surface area contributed by atoms with Gasteiger partial charge in [0.1, 0.15) is 16.8 Å². The molecule has 1 heterocycles. The summed E-state index contributed by atoms with van der Waals surface area (Å²) in [5, 5.41) is 3.69. The van der Waals surface area contributed by atoms with Crippen LogP contribution in [0.15, 0.2) is 0 Å². The Labute approximate surface area is 111 Å². The fourth-order valence-electron chi connectivity index (χ4n) is 1.67. The van der Waals surface area contributed by atoms with Crippen LogP contribution in [0.5, 0.6) is 0 Å². The highest BCUT2D eigenvalue weighted by molar-refractivity contribution is 6.30. The Hall–Kier alpha value is -1.36. The van der Waals surface area contributed by atoms with Crippen LogP contribution < -0.4 is 11.1 Å². The summed E-state index contributed by atoms with van der Waals surface area (Å²) in [5.41, 5.74) is 5.93. The highest BCUT2D eigenvalue weighted by Crippen LogP contribution is 2.39. The first-order valence-corrected chi connectivity index (χ1v) is 6.52. The van der Waals surface area contributed by atoms with E-state index in [1.807, 2.05) is 6.92 Å². The molecule has 0 radical (unpaired) electrons. The van der Waals surface area contributed by atoms with Crippen LogP contribution in [0.2, 0.25) is 5.15 Å². The molecule has 0 bridgehead atoms. The third-order valence-electron chi connectivity index (χ3n) is 2.94. The molecule has 0 spiro atoms. The molecule has 0 saturated heterocycles. The van der Waals surface area contributed by atoms with Crippen LogP contribution in [0.3, 0.4) is 0 Å². The Balaban J connectivity index is 1.99. The van der Waals surface area contributed by atoms with Gasteiger partial charge in [-0.1, -0.05) is 11.6 Å². The Morgan fingerprint density at radius 1 is 1.50 bits per heavy atom. The van der Waals surface area contributed by atoms with E-state index < -0.39 is 0 Å². The van der Waals surface area contributed by atoms with E-state index in [-0.39, 0.29) is 5.91 Å². The molecule has 18 heavy (non-hydrogen) atoms. The molecule has 1 aliphatic rings. The first-order valence-electron chi connectivity index (χ1n) is 6.14. The van der Waals surface area contributed by atoms with E-state index in [0.29, 0.717) is 30.5 Å². The first-order chi connectivity index (χ1) is 8.58. The lowest BCUT2D eigenvalue weighted by atomic mass is 10.2. The molecule has 1 aliphatic carbocycles. The molecule has 0 aliphatic heterocycles. The van der Waals surface area contributed by atoms with Gasteiger partial charge in [-0.05, 0) is 26.2 Å². The summed E-state index contributed by atoms with van der Waals surface area (Å²) in [7, 11) is 0. The highest BCUT2D eigenvalue weighted by atomic mass is 35.5. The number of amides is 1. The van der Waals surface area contributed by atoms with Gasteiger partial charge >= 0.3 is 0 Å². The fourth-order valence-corrected chi connectivity index (χ4v) is 1.85. The van der Waals surface area contributed by atoms with Gasteiger partial charge in [-0.25, -0.2) is 9.97 Å². The number of rotatable bonds is 6. The van der Waals surface area contributed by atoms with Gasteiger partial charge in [0.25, 0.3) is 0 Å². The maximum atomic E-state index is 10.6. The number of carbonyl (C=O) groups excluding carboxylic acids is 1. The quantitative estimate of drug-likeness (QED) is 0.611. The van der Waals surface area contributed by atoms with Gasteiger partial charge in [0.05, 0.1) is 0 Å². The number of hydrogen-bond donors (Lipinski definition) is 2. The molecule has 2 rings (SSSR count). The molecule has 1 saturated carbocycles. The Bertz CT molecular complexity index is 460. The predicted octanol–water partition coefficient (Wildman–Crippen LogP) is 1.99. The Kier molecular flexibility index (Phi) is 4.01. The van der Waals surface area contributed by atoms with Crippen molar-refractivity contribution in [2.24, 2.45) is 5.73 Å². The number of halogens is 1. The highest BCUT2D eigenvalue weighted by Gasteiger charge is 2.27. The molecule has 6 heteroatoms. The second kappa shape index (κ2) is 5.52. The second-order valence-corrected chi connectivity index (χ2v) is 4.98. The molecule has 5 nitrogen and oxygen atoms in total. The molecule has 0 aromatic carbocycles. The van der Waals surface area contributed by atoms with Crippen LogP contribution in [0, 0.1) is 6.92 Å². The largest absolute Gasteiger partial charge is 0.370 e. The molecular formula is C12H17ClN4O. The zero-order valence-electron chi connectivity index (χ0n) is 10.4. The molecule has 1 amide bonds. The van der Waals surface area contributed by atoms with Crippen molar-refractivity contribution in [3.8, 4) is 0 Å². The van der Waals surface area contributed by atoms with Crippen molar-refractivity contribution in [3.05, 3.63) is 16.5 Å². The second-order valence-electron chi connectivity index (χ2n) is 4.62. The zero-order valence-corrected chi connectivity index (χ0v) is 11.1. The minimum Gasteiger partial charge on any atom is -0.370 e. The van der Waals surface area contributed by atoms with E-state index in [0.717, 1.165) is 30.0 Å². The summed E-state index contributed by atoms with van der Waals surface area (Å²) in [6, 6.07) is 0. The molecule has 1 aromatic heterocycles. The maximum Gasteiger partial charge on any atom is 0.217 e. The van der Waals surface area contributed by atoms with Crippen molar-refractivity contribution >= 4 is 23.3 Å². The Morgan fingerprint density at radius 3 is 2.83 bits per heavy atom. The van der Waals surface area contributed by atoms with Gasteiger partial charge in [0, 0.05) is 24.4 Å². The summed E-state index contributed by atoms with van der Waals surface area (Å²) >= 11 is 6.09. The summed E-state index contributed by atoms with van der Waals surface area (Å²) in [6.45, 7) is 2.54. The van der Waals surface area contributed by atoms with Gasteiger partial charge in [0.15, 0.2) is 0 Å². The average molecular weight is 269 g/mol. The lowest BCUT2D eigenvalue weighted by molar-refractivity contribution is -0.118. The van der Waals surface area contributed by atoms with E-state index in [9.17, 15) is 4.79 Å². The number of hydrogen-bond acceptors (Lipinski definition) is 4. The fraction of sp³-hybridized carbons (Fsp3) is 0.583. The number of nitrogens with two attached hydrogens (primary N) is 1. The summed E-state index contributed by atoms with van der Waals surface area (Å²) in [6.07, 6.45) is 3.34. The lowest BCUT2D eigenvalue weighted by Gasteiger charge is -2.10. The van der Waals surface area contributed by atoms with E-state index in [2.05, 4.69) is 15.3 Å². The average Bonchev–Trinajstić information content (AvgIpc) is 3.13. The number of nitrogens with one attached hydrogen (secondary N) is 1. The van der Waals surface area contributed by atoms with Crippen molar-refractivity contribution in [3.63, 3.8) is 0 Å². The van der Waals surface area contributed by atoms with Gasteiger partial charge < -0.3 is 11.1 Å². The predicted molar refractivity (Wildman–Crippen MR) is 70.7 cm³/mol. The van der Waals surface area contributed by atoms with Crippen molar-refractivity contribution in [2.45, 2.75) is 38.5 Å². The zero-order chi connectivity index (χ0) is 13.1. The van der Waals surface area contributed by atoms with Crippen molar-refractivity contribution in [1.82, 2.24) is 9.97 Å². The number of primary amides is 1. The molecule has 0 unspecified atom stereocenters. The molecule has 1 fully saturated rings. The molecule has 98 valence electrons. The van der Waals surface area contributed by atoms with Crippen LogP contribution in [-0.2, 0) is 4.79 Å². The van der Waals surface area contributed by atoms with Crippen LogP contribution >= 0.6 is 11.6 Å². The Morgan fingerprint density at radius 2 is 2.22 bits per heavy atom. The van der Waals surface area contributed by atoms with E-state index in [1.54, 1.807) is 0 Å². The van der Waals surface area contributed by atoms with Crippen molar-refractivity contribution in [2.75, 3.05) is 11.9 Å². The van der Waals surface area contributed by atoms with Gasteiger partial charge in [-0.15, -0.1) is 0 Å². The lowest BCUT2D eigenvalue weighted by Crippen LogP contribution is -2.14. The number of carbonyl (C=O) groups is 1. The molecular weight excluding hydrogens is 252 g/mol. The monoisotopic (exact) mass is 268 g/mol. The first kappa shape index (κ1) is 13.1. The van der Waals surface area contributed by atoms with Gasteiger partial charge in [-0.2, -0.15) is 0 Å². The van der Waals surface area contributed by atoms with Gasteiger partial charge in [0.2, 0.25) is 5.91 Å². The van der Waals surface area contributed by atoms with E-state index >= 15 is 0 Å². The molecule has 3 N–H and O–H groups in total. The topological polar surface area (TPSA) is 80.9 Å². The van der Waals surface area contributed by atoms with Crippen LogP contribution in [0.4, 0.5) is 5.82 Å². The van der Waals surface area contributed by atoms with E-state index in [1.165, 1.54) is 0 Å². The molecule has 0 atom stereocenters. The summed E-state index contributed by atoms with van der Waals surface area (Å²) in [4.78, 5) is 19.4. The van der Waals surface area contributed by atoms with Crippen LogP contribution in [0.1, 0.15) is 43.0 Å². The number of nitrogens with zero attached hydrogens (tertiary/aromatic N) is 2. The van der Waals surface area contributed by atoms with Crippen LogP contribution in [-0.4, -0.2) is 22.4 Å². The third kappa shape index (κ3) is 3.32. The third-order valence-corrected chi connectivity index (χ3v) is 3.31. The van der Waals surface area contributed by atoms with Gasteiger partial charge in [-0.3, -0.25) is 4.79 Å². The standard InChI is InChI=1S/C12H17ClN4O/c1-7-10(13)16-12(8-4-5-8)17-11(7)15-6-2-3-9(14)18/h8H,2-6H2,1H3,(H2,14,18)(H,15,16,17). The number of anilines is 1. The summed E-state index contributed by atoms with van der Waals surface area (Å²) in [5.74, 6) is 1.77. The van der Waals surface area contributed by atoms with E-state index in [4.69, 9.17) is 17.3 Å².